The summed E-state index contributed by atoms with van der Waals surface area (Å²) in [4.78, 5) is 39.5. The molecule has 3 aromatic heterocycles. The van der Waals surface area contributed by atoms with E-state index in [0.29, 0.717) is 17.9 Å². The lowest BCUT2D eigenvalue weighted by Crippen LogP contribution is -2.49. The number of carbonyl (C=O) groups is 2. The third-order valence-electron chi connectivity index (χ3n) is 6.79. The molecule has 9 heteroatoms. The number of pyridine rings is 1. The maximum Gasteiger partial charge on any atom is 0.313 e. The number of likely N-dealkylation sites (tertiary alicyclic amines) is 1. The van der Waals surface area contributed by atoms with Crippen LogP contribution in [0.25, 0.3) is 15.9 Å². The van der Waals surface area contributed by atoms with E-state index in [2.05, 4.69) is 61.3 Å². The van der Waals surface area contributed by atoms with E-state index in [1.54, 1.807) is 34.6 Å². The summed E-state index contributed by atoms with van der Waals surface area (Å²) in [5, 5.41) is 3.89. The van der Waals surface area contributed by atoms with E-state index in [1.807, 2.05) is 16.8 Å². The van der Waals surface area contributed by atoms with Crippen LogP contribution in [0.4, 0.5) is 5.69 Å². The monoisotopic (exact) mass is 504 g/mol. The first-order valence-electron chi connectivity index (χ1n) is 12.3. The number of amides is 2. The van der Waals surface area contributed by atoms with E-state index in [4.69, 9.17) is 4.98 Å². The third-order valence-corrected chi connectivity index (χ3v) is 7.89. The molecular weight excluding hydrogens is 472 g/mol. The lowest BCUT2D eigenvalue weighted by Gasteiger charge is -2.43. The normalized spacial score (nSPS) is 17.7. The maximum atomic E-state index is 13.5. The van der Waals surface area contributed by atoms with Crippen molar-refractivity contribution in [1.82, 2.24) is 24.2 Å². The average Bonchev–Trinajstić information content (AvgIpc) is 3.47. The number of likely N-dealkylation sites (N-methyl/N-ethyl adjacent to an activating group) is 1. The van der Waals surface area contributed by atoms with Crippen LogP contribution in [0.1, 0.15) is 43.3 Å². The van der Waals surface area contributed by atoms with Gasteiger partial charge in [0, 0.05) is 49.9 Å². The second kappa shape index (κ2) is 9.63. The Morgan fingerprint density at radius 3 is 2.83 bits per heavy atom. The van der Waals surface area contributed by atoms with Gasteiger partial charge in [-0.1, -0.05) is 19.9 Å². The van der Waals surface area contributed by atoms with Gasteiger partial charge in [0.25, 0.3) is 0 Å². The van der Waals surface area contributed by atoms with Gasteiger partial charge in [-0.3, -0.25) is 9.59 Å². The topological polar surface area (TPSA) is 82.8 Å². The molecule has 0 spiro atoms. The summed E-state index contributed by atoms with van der Waals surface area (Å²) in [6.07, 6.45) is 8.02. The number of imidazole rings is 1. The van der Waals surface area contributed by atoms with Gasteiger partial charge in [-0.25, -0.2) is 9.97 Å². The second-order valence-corrected chi connectivity index (χ2v) is 11.7. The van der Waals surface area contributed by atoms with Crippen LogP contribution in [0.15, 0.2) is 48.9 Å². The largest absolute Gasteiger partial charge is 0.327 e. The van der Waals surface area contributed by atoms with Crippen molar-refractivity contribution in [2.24, 2.45) is 5.41 Å². The Kier molecular flexibility index (Phi) is 6.53. The highest BCUT2D eigenvalue weighted by Gasteiger charge is 2.39. The van der Waals surface area contributed by atoms with Crippen LogP contribution in [0.2, 0.25) is 0 Å². The maximum absolute atomic E-state index is 13.5. The highest BCUT2D eigenvalue weighted by atomic mass is 32.1. The minimum absolute atomic E-state index is 0.0642. The Bertz CT molecular complexity index is 1420. The molecule has 1 saturated heterocycles. The smallest absolute Gasteiger partial charge is 0.313 e. The zero-order valence-corrected chi connectivity index (χ0v) is 22.0. The quantitative estimate of drug-likeness (QED) is 0.408. The molecule has 2 amide bonds. The van der Waals surface area contributed by atoms with Crippen molar-refractivity contribution in [1.29, 1.82) is 0 Å². The highest BCUT2D eigenvalue weighted by molar-refractivity contribution is 7.18. The summed E-state index contributed by atoms with van der Waals surface area (Å²) in [6.45, 7) is 5.77. The molecule has 0 aliphatic carbocycles. The molecule has 1 atom stereocenters. The van der Waals surface area contributed by atoms with Gasteiger partial charge in [0.05, 0.1) is 21.3 Å². The third kappa shape index (κ3) is 5.12. The number of carbonyl (C=O) groups excluding carboxylic acids is 2. The van der Waals surface area contributed by atoms with Crippen molar-refractivity contribution < 1.29 is 9.59 Å². The average molecular weight is 505 g/mol. The number of hydrogen-bond acceptors (Lipinski definition) is 6. The number of benzene rings is 1. The van der Waals surface area contributed by atoms with Crippen molar-refractivity contribution in [2.45, 2.75) is 39.2 Å². The van der Waals surface area contributed by atoms with Gasteiger partial charge in [0.15, 0.2) is 0 Å². The predicted octanol–water partition coefficient (Wildman–Crippen LogP) is 4.38. The van der Waals surface area contributed by atoms with Gasteiger partial charge in [0.2, 0.25) is 0 Å². The number of hydrogen-bond donors (Lipinski definition) is 1. The van der Waals surface area contributed by atoms with Crippen molar-refractivity contribution in [3.05, 3.63) is 59.5 Å². The molecule has 8 nitrogen and oxygen atoms in total. The van der Waals surface area contributed by atoms with Gasteiger partial charge < -0.3 is 19.5 Å². The van der Waals surface area contributed by atoms with Crippen molar-refractivity contribution >= 4 is 44.7 Å². The van der Waals surface area contributed by atoms with Crippen LogP contribution in [-0.2, 0) is 16.0 Å². The molecule has 4 aromatic rings. The lowest BCUT2D eigenvalue weighted by molar-refractivity contribution is -0.147. The Balaban J connectivity index is 1.38. The Morgan fingerprint density at radius 2 is 2.03 bits per heavy atom. The van der Waals surface area contributed by atoms with Gasteiger partial charge in [-0.15, -0.1) is 11.3 Å². The standard InChI is InChI=1S/C27H32N6O2S/c1-27(2)10-7-21(18-5-6-22-20(15-18)30-24(36-22)9-12-31(3)4)33(17-27)26(35)25(34)29-19-8-13-32-14-11-28-23(32)16-19/h5-6,8,11,13-16,21H,7,9-10,12,17H2,1-4H3,(H,29,34)/t21-/m0/s1. The molecule has 1 aromatic carbocycles. The number of rotatable bonds is 5. The summed E-state index contributed by atoms with van der Waals surface area (Å²) in [5.41, 5.74) is 3.18. The van der Waals surface area contributed by atoms with Crippen LogP contribution < -0.4 is 5.32 Å². The van der Waals surface area contributed by atoms with Gasteiger partial charge in [0.1, 0.15) is 5.65 Å². The molecule has 4 heterocycles. The van der Waals surface area contributed by atoms with Crippen LogP contribution >= 0.6 is 11.3 Å². The van der Waals surface area contributed by atoms with Gasteiger partial charge in [-0.2, -0.15) is 0 Å². The van der Waals surface area contributed by atoms with Crippen molar-refractivity contribution in [2.75, 3.05) is 32.5 Å². The summed E-state index contributed by atoms with van der Waals surface area (Å²) >= 11 is 1.72. The number of aromatic nitrogens is 3. The van der Waals surface area contributed by atoms with E-state index >= 15 is 0 Å². The molecule has 1 N–H and O–H groups in total. The Hall–Kier alpha value is -3.30. The molecule has 36 heavy (non-hydrogen) atoms. The van der Waals surface area contributed by atoms with E-state index in [0.717, 1.165) is 46.6 Å². The van der Waals surface area contributed by atoms with Gasteiger partial charge in [-0.05, 0) is 56.1 Å². The molecule has 5 rings (SSSR count). The summed E-state index contributed by atoms with van der Waals surface area (Å²) in [6, 6.07) is 9.64. The molecular formula is C27H32N6O2S. The molecule has 1 aliphatic rings. The number of thiazole rings is 1. The minimum atomic E-state index is -0.630. The van der Waals surface area contributed by atoms with Crippen LogP contribution in [0.3, 0.4) is 0 Å². The molecule has 188 valence electrons. The number of nitrogens with zero attached hydrogens (tertiary/aromatic N) is 5. The van der Waals surface area contributed by atoms with E-state index in [1.165, 1.54) is 0 Å². The fraction of sp³-hybridized carbons (Fsp3) is 0.407. The summed E-state index contributed by atoms with van der Waals surface area (Å²) < 4.78 is 3.00. The molecule has 0 saturated carbocycles. The summed E-state index contributed by atoms with van der Waals surface area (Å²) in [5.74, 6) is -1.14. The molecule has 0 radical (unpaired) electrons. The Labute approximate surface area is 214 Å². The van der Waals surface area contributed by atoms with Gasteiger partial charge >= 0.3 is 11.8 Å². The fourth-order valence-corrected chi connectivity index (χ4v) is 5.76. The van der Waals surface area contributed by atoms with E-state index < -0.39 is 11.8 Å². The molecule has 0 bridgehead atoms. The zero-order valence-electron chi connectivity index (χ0n) is 21.2. The van der Waals surface area contributed by atoms with Crippen LogP contribution in [-0.4, -0.2) is 63.2 Å². The molecule has 1 aliphatic heterocycles. The minimum Gasteiger partial charge on any atom is -0.327 e. The predicted molar refractivity (Wildman–Crippen MR) is 143 cm³/mol. The van der Waals surface area contributed by atoms with Crippen molar-refractivity contribution in [3.8, 4) is 0 Å². The first kappa shape index (κ1) is 24.4. The molecule has 1 fully saturated rings. The first-order valence-corrected chi connectivity index (χ1v) is 13.1. The van der Waals surface area contributed by atoms with Crippen LogP contribution in [0, 0.1) is 5.41 Å². The highest BCUT2D eigenvalue weighted by Crippen LogP contribution is 2.40. The number of piperidine rings is 1. The number of nitrogens with one attached hydrogen (secondary N) is 1. The second-order valence-electron chi connectivity index (χ2n) is 10.6. The molecule has 0 unspecified atom stereocenters. The van der Waals surface area contributed by atoms with Crippen LogP contribution in [0.5, 0.6) is 0 Å². The van der Waals surface area contributed by atoms with E-state index in [-0.39, 0.29) is 11.5 Å². The lowest BCUT2D eigenvalue weighted by atomic mass is 9.79. The fourth-order valence-electron chi connectivity index (χ4n) is 4.82. The summed E-state index contributed by atoms with van der Waals surface area (Å²) in [7, 11) is 4.13. The Morgan fingerprint density at radius 1 is 1.19 bits per heavy atom. The van der Waals surface area contributed by atoms with Crippen molar-refractivity contribution in [3.63, 3.8) is 0 Å². The van der Waals surface area contributed by atoms with E-state index in [9.17, 15) is 9.59 Å². The zero-order chi connectivity index (χ0) is 25.4. The first-order chi connectivity index (χ1) is 17.2. The SMILES string of the molecule is CN(C)CCc1nc2cc([C@@H]3CCC(C)(C)CN3C(=O)C(=O)Nc3ccn4ccnc4c3)ccc2s1. The number of fused-ring (bicyclic) bond motifs is 2. The number of anilines is 1.